The van der Waals surface area contributed by atoms with Crippen molar-refractivity contribution in [2.45, 2.75) is 18.2 Å². The van der Waals surface area contributed by atoms with Crippen LogP contribution < -0.4 is 0 Å². The second kappa shape index (κ2) is 10.6. The van der Waals surface area contributed by atoms with Gasteiger partial charge in [0.2, 0.25) is 10.0 Å². The van der Waals surface area contributed by atoms with E-state index in [-0.39, 0.29) is 4.90 Å². The van der Waals surface area contributed by atoms with Crippen LogP contribution in [0.2, 0.25) is 0 Å². The minimum absolute atomic E-state index is 0.229. The fourth-order valence-electron chi connectivity index (χ4n) is 3.24. The van der Waals surface area contributed by atoms with E-state index >= 15 is 0 Å². The summed E-state index contributed by atoms with van der Waals surface area (Å²) in [7, 11) is -0.165. The molecule has 7 nitrogen and oxygen atoms in total. The molecular weight excluding hydrogens is 386 g/mol. The Morgan fingerprint density at radius 2 is 2.00 bits per heavy atom. The molecule has 160 valence electrons. The van der Waals surface area contributed by atoms with E-state index in [1.54, 1.807) is 14.1 Å². The predicted octanol–water partition coefficient (Wildman–Crippen LogP) is 2.25. The third-order valence-corrected chi connectivity index (χ3v) is 6.84. The first kappa shape index (κ1) is 23.1. The van der Waals surface area contributed by atoms with Crippen molar-refractivity contribution in [2.24, 2.45) is 7.05 Å². The average molecular weight is 420 g/mol. The monoisotopic (exact) mass is 419 g/mol. The number of aromatic nitrogens is 2. The van der Waals surface area contributed by atoms with Crippen molar-refractivity contribution in [3.63, 3.8) is 0 Å². The Morgan fingerprint density at radius 3 is 2.55 bits per heavy atom. The van der Waals surface area contributed by atoms with Crippen LogP contribution in [0, 0.1) is 0 Å². The molecule has 1 aromatic rings. The number of allylic oxidation sites excluding steroid dienone is 5. The van der Waals surface area contributed by atoms with Gasteiger partial charge in [-0.3, -0.25) is 9.58 Å². The molecule has 1 aliphatic rings. The van der Waals surface area contributed by atoms with Crippen LogP contribution in [-0.2, 0) is 17.1 Å². The molecule has 0 aromatic carbocycles. The number of piperazine rings is 1. The van der Waals surface area contributed by atoms with Gasteiger partial charge in [0, 0.05) is 65.3 Å². The summed E-state index contributed by atoms with van der Waals surface area (Å²) in [5.74, 6) is 0. The minimum Gasteiger partial charge on any atom is -0.369 e. The molecule has 29 heavy (non-hydrogen) atoms. The lowest BCUT2D eigenvalue weighted by molar-refractivity contribution is 0.156. The first-order chi connectivity index (χ1) is 13.8. The van der Waals surface area contributed by atoms with Crippen LogP contribution in [0.1, 0.15) is 13.3 Å². The molecule has 1 fully saturated rings. The van der Waals surface area contributed by atoms with Crippen molar-refractivity contribution in [2.75, 3.05) is 46.3 Å². The zero-order chi connectivity index (χ0) is 21.4. The fraction of sp³-hybridized carbons (Fsp3) is 0.476. The molecule has 1 saturated heterocycles. The highest BCUT2D eigenvalue weighted by Crippen LogP contribution is 2.20. The van der Waals surface area contributed by atoms with Crippen molar-refractivity contribution in [3.05, 3.63) is 61.1 Å². The van der Waals surface area contributed by atoms with Gasteiger partial charge in [-0.1, -0.05) is 24.8 Å². The summed E-state index contributed by atoms with van der Waals surface area (Å²) in [4.78, 5) is 4.88. The Hall–Kier alpha value is -2.16. The highest BCUT2D eigenvalue weighted by molar-refractivity contribution is 7.89. The molecule has 0 N–H and O–H groups in total. The molecule has 0 saturated carbocycles. The first-order valence-corrected chi connectivity index (χ1v) is 11.3. The maximum atomic E-state index is 12.6. The molecule has 2 heterocycles. The van der Waals surface area contributed by atoms with Crippen LogP contribution in [0.5, 0.6) is 0 Å². The van der Waals surface area contributed by atoms with Gasteiger partial charge >= 0.3 is 0 Å². The maximum Gasteiger partial charge on any atom is 0.245 e. The number of aryl methyl sites for hydroxylation is 1. The molecule has 0 bridgehead atoms. The number of likely N-dealkylation sites (N-methyl/N-ethyl adjacent to an activating group) is 1. The highest BCUT2D eigenvalue weighted by Gasteiger charge is 2.24. The van der Waals surface area contributed by atoms with E-state index in [1.807, 2.05) is 25.2 Å². The van der Waals surface area contributed by atoms with Crippen molar-refractivity contribution in [3.8, 4) is 0 Å². The lowest BCUT2D eigenvalue weighted by Gasteiger charge is -2.38. The van der Waals surface area contributed by atoms with Gasteiger partial charge < -0.3 is 4.90 Å². The third-order valence-electron chi connectivity index (χ3n) is 5.03. The lowest BCUT2D eigenvalue weighted by Crippen LogP contribution is -2.48. The molecule has 1 aromatic heterocycles. The SMILES string of the molecule is C=CCC(=C)/C(=C\C=C/C)N1CCN(CCN(C)S(=O)(=O)c2cnn(C)c2)CC1. The van der Waals surface area contributed by atoms with Crippen LogP contribution in [0.15, 0.2) is 66.0 Å². The van der Waals surface area contributed by atoms with Gasteiger partial charge in [0.05, 0.1) is 6.20 Å². The van der Waals surface area contributed by atoms with E-state index in [4.69, 9.17) is 0 Å². The number of hydrogen-bond donors (Lipinski definition) is 0. The fourth-order valence-corrected chi connectivity index (χ4v) is 4.39. The summed E-state index contributed by atoms with van der Waals surface area (Å²) in [5, 5.41) is 3.96. The second-order valence-corrected chi connectivity index (χ2v) is 9.22. The highest BCUT2D eigenvalue weighted by atomic mass is 32.2. The van der Waals surface area contributed by atoms with Crippen molar-refractivity contribution >= 4 is 10.0 Å². The Kier molecular flexibility index (Phi) is 8.43. The molecule has 0 aliphatic carbocycles. The molecule has 0 amide bonds. The normalized spacial score (nSPS) is 16.7. The molecule has 8 heteroatoms. The Labute approximate surface area is 175 Å². The van der Waals surface area contributed by atoms with Gasteiger partial charge in [-0.2, -0.15) is 9.40 Å². The van der Waals surface area contributed by atoms with Gasteiger partial charge in [0.15, 0.2) is 0 Å². The predicted molar refractivity (Wildman–Crippen MR) is 118 cm³/mol. The van der Waals surface area contributed by atoms with E-state index in [0.29, 0.717) is 13.1 Å². The third kappa shape index (κ3) is 6.16. The molecule has 0 radical (unpaired) electrons. The maximum absolute atomic E-state index is 12.6. The summed E-state index contributed by atoms with van der Waals surface area (Å²) < 4.78 is 28.1. The van der Waals surface area contributed by atoms with E-state index in [0.717, 1.165) is 43.9 Å². The number of rotatable bonds is 10. The standard InChI is InChI=1S/C21H33N5O2S/c1-6-8-10-21(19(3)9-7-2)26-15-13-25(14-16-26)12-11-24(5)29(27,28)20-17-22-23(4)18-20/h6-8,10,17-18H,2-3,9,11-16H2,1,4-5H3/b8-6-,21-10+. The van der Waals surface area contributed by atoms with E-state index < -0.39 is 10.0 Å². The summed E-state index contributed by atoms with van der Waals surface area (Å²) in [6.07, 6.45) is 11.7. The van der Waals surface area contributed by atoms with Gasteiger partial charge in [-0.25, -0.2) is 8.42 Å². The Balaban J connectivity index is 1.90. The Morgan fingerprint density at radius 1 is 1.31 bits per heavy atom. The topological polar surface area (TPSA) is 61.7 Å². The van der Waals surface area contributed by atoms with E-state index in [2.05, 4.69) is 34.1 Å². The number of sulfonamides is 1. The average Bonchev–Trinajstić information content (AvgIpc) is 3.14. The number of nitrogens with zero attached hydrogens (tertiary/aromatic N) is 5. The van der Waals surface area contributed by atoms with Crippen LogP contribution >= 0.6 is 0 Å². The zero-order valence-corrected chi connectivity index (χ0v) is 18.6. The molecule has 2 rings (SSSR count). The van der Waals surface area contributed by atoms with E-state index in [1.165, 1.54) is 21.4 Å². The molecule has 0 atom stereocenters. The summed E-state index contributed by atoms with van der Waals surface area (Å²) in [6.45, 7) is 14.7. The van der Waals surface area contributed by atoms with Crippen molar-refractivity contribution < 1.29 is 8.42 Å². The summed E-state index contributed by atoms with van der Waals surface area (Å²) >= 11 is 0. The smallest absolute Gasteiger partial charge is 0.245 e. The lowest BCUT2D eigenvalue weighted by atomic mass is 10.1. The van der Waals surface area contributed by atoms with Gasteiger partial charge in [-0.15, -0.1) is 6.58 Å². The van der Waals surface area contributed by atoms with Crippen LogP contribution in [0.3, 0.4) is 0 Å². The molecule has 0 unspecified atom stereocenters. The van der Waals surface area contributed by atoms with Crippen molar-refractivity contribution in [1.82, 2.24) is 23.9 Å². The largest absolute Gasteiger partial charge is 0.369 e. The minimum atomic E-state index is -3.50. The second-order valence-electron chi connectivity index (χ2n) is 7.18. The number of hydrogen-bond acceptors (Lipinski definition) is 5. The van der Waals surface area contributed by atoms with E-state index in [9.17, 15) is 8.42 Å². The van der Waals surface area contributed by atoms with Gasteiger partial charge in [0.1, 0.15) is 4.90 Å². The first-order valence-electron chi connectivity index (χ1n) is 9.84. The summed E-state index contributed by atoms with van der Waals surface area (Å²) in [5.41, 5.74) is 2.22. The zero-order valence-electron chi connectivity index (χ0n) is 17.8. The summed E-state index contributed by atoms with van der Waals surface area (Å²) in [6, 6.07) is 0. The van der Waals surface area contributed by atoms with Crippen molar-refractivity contribution in [1.29, 1.82) is 0 Å². The molecular formula is C21H33N5O2S. The molecule has 0 spiro atoms. The van der Waals surface area contributed by atoms with Crippen LogP contribution in [-0.4, -0.2) is 78.6 Å². The van der Waals surface area contributed by atoms with Gasteiger partial charge in [0.25, 0.3) is 0 Å². The Bertz CT molecular complexity index is 861. The molecule has 1 aliphatic heterocycles. The van der Waals surface area contributed by atoms with Crippen LogP contribution in [0.25, 0.3) is 0 Å². The van der Waals surface area contributed by atoms with Gasteiger partial charge in [-0.05, 0) is 25.0 Å². The van der Waals surface area contributed by atoms with Crippen LogP contribution in [0.4, 0.5) is 0 Å². The quantitative estimate of drug-likeness (QED) is 0.430.